The fourth-order valence-electron chi connectivity index (χ4n) is 2.94. The molecule has 3 unspecified atom stereocenters. The predicted molar refractivity (Wildman–Crippen MR) is 52.2 cm³/mol. The number of fused-ring (bicyclic) bond motifs is 1. The monoisotopic (exact) mass is 219 g/mol. The van der Waals surface area contributed by atoms with Gasteiger partial charge in [-0.05, 0) is 32.4 Å². The molecule has 2 aliphatic rings. The first-order chi connectivity index (χ1) is 6.89. The first kappa shape index (κ1) is 10.8. The largest absolute Gasteiger partial charge is 0.391 e. The van der Waals surface area contributed by atoms with Crippen molar-refractivity contribution in [3.05, 3.63) is 11.8 Å². The summed E-state index contributed by atoms with van der Waals surface area (Å²) in [6.45, 7) is 1.94. The predicted octanol–water partition coefficient (Wildman–Crippen LogP) is 3.18. The molecule has 15 heavy (non-hydrogen) atoms. The Morgan fingerprint density at radius 1 is 1.33 bits per heavy atom. The minimum absolute atomic E-state index is 0.121. The quantitative estimate of drug-likeness (QED) is 0.604. The summed E-state index contributed by atoms with van der Waals surface area (Å²) in [5.41, 5.74) is 1.11. The van der Waals surface area contributed by atoms with Crippen LogP contribution in [-0.2, 0) is 0 Å². The zero-order valence-electron chi connectivity index (χ0n) is 9.01. The molecular formula is C11H16F3N. The summed E-state index contributed by atoms with van der Waals surface area (Å²) in [5, 5.41) is 0. The maximum absolute atomic E-state index is 12.6. The van der Waals surface area contributed by atoms with Gasteiger partial charge in [-0.25, -0.2) is 0 Å². The van der Waals surface area contributed by atoms with Crippen LogP contribution >= 0.6 is 0 Å². The highest BCUT2D eigenvalue weighted by atomic mass is 19.4. The lowest BCUT2D eigenvalue weighted by Crippen LogP contribution is -2.39. The second-order valence-electron chi connectivity index (χ2n) is 4.76. The number of alkyl halides is 3. The number of hydrogen-bond acceptors (Lipinski definition) is 1. The van der Waals surface area contributed by atoms with Crippen molar-refractivity contribution in [1.29, 1.82) is 0 Å². The number of rotatable bonds is 0. The molecule has 3 atom stereocenters. The average molecular weight is 219 g/mol. The molecule has 0 bridgehead atoms. The molecule has 0 amide bonds. The minimum Gasteiger partial charge on any atom is -0.377 e. The van der Waals surface area contributed by atoms with Crippen molar-refractivity contribution in [3.8, 4) is 0 Å². The van der Waals surface area contributed by atoms with Crippen LogP contribution < -0.4 is 0 Å². The third-order valence-corrected chi connectivity index (χ3v) is 3.79. The summed E-state index contributed by atoms with van der Waals surface area (Å²) in [5.74, 6) is -0.969. The highest BCUT2D eigenvalue weighted by Gasteiger charge is 2.47. The van der Waals surface area contributed by atoms with Crippen molar-refractivity contribution in [2.45, 2.75) is 38.4 Å². The van der Waals surface area contributed by atoms with Crippen LogP contribution in [0.1, 0.15) is 26.2 Å². The number of halogens is 3. The van der Waals surface area contributed by atoms with Crippen LogP contribution in [0, 0.1) is 11.8 Å². The van der Waals surface area contributed by atoms with Crippen LogP contribution in [0.5, 0.6) is 0 Å². The Labute approximate surface area is 87.9 Å². The van der Waals surface area contributed by atoms with Gasteiger partial charge in [-0.2, -0.15) is 13.2 Å². The Balaban J connectivity index is 2.09. The standard InChI is InChI=1S/C11H16F3N/c1-7-6-15(2)10-4-3-8(5-9(7)10)11(12,13)14/h6,8-10H,3-5H2,1-2H3. The number of nitrogens with zero attached hydrogens (tertiary/aromatic N) is 1. The van der Waals surface area contributed by atoms with E-state index in [4.69, 9.17) is 0 Å². The summed E-state index contributed by atoms with van der Waals surface area (Å²) >= 11 is 0. The molecule has 1 aliphatic heterocycles. The molecular weight excluding hydrogens is 203 g/mol. The van der Waals surface area contributed by atoms with Gasteiger partial charge in [0.05, 0.1) is 5.92 Å². The highest BCUT2D eigenvalue weighted by molar-refractivity contribution is 5.16. The van der Waals surface area contributed by atoms with Crippen molar-refractivity contribution in [1.82, 2.24) is 4.90 Å². The zero-order chi connectivity index (χ0) is 11.2. The van der Waals surface area contributed by atoms with E-state index >= 15 is 0 Å². The third kappa shape index (κ3) is 1.86. The lowest BCUT2D eigenvalue weighted by Gasteiger charge is -2.36. The van der Waals surface area contributed by atoms with Gasteiger partial charge in [-0.15, -0.1) is 0 Å². The molecule has 0 aromatic rings. The topological polar surface area (TPSA) is 3.24 Å². The van der Waals surface area contributed by atoms with Crippen LogP contribution in [0.3, 0.4) is 0 Å². The Morgan fingerprint density at radius 2 is 2.00 bits per heavy atom. The van der Waals surface area contributed by atoms with E-state index < -0.39 is 12.1 Å². The summed E-state index contributed by atoms with van der Waals surface area (Å²) < 4.78 is 37.8. The lowest BCUT2D eigenvalue weighted by atomic mass is 9.76. The zero-order valence-corrected chi connectivity index (χ0v) is 9.01. The smallest absolute Gasteiger partial charge is 0.377 e. The van der Waals surface area contributed by atoms with E-state index in [1.807, 2.05) is 20.2 Å². The Bertz CT molecular complexity index is 282. The molecule has 0 radical (unpaired) electrons. The van der Waals surface area contributed by atoms with Crippen LogP contribution in [0.25, 0.3) is 0 Å². The molecule has 1 saturated carbocycles. The normalized spacial score (nSPS) is 36.5. The fourth-order valence-corrected chi connectivity index (χ4v) is 2.94. The highest BCUT2D eigenvalue weighted by Crippen LogP contribution is 2.45. The van der Waals surface area contributed by atoms with E-state index in [1.165, 1.54) is 0 Å². The Hall–Kier alpha value is -0.670. The van der Waals surface area contributed by atoms with Gasteiger partial charge in [0.15, 0.2) is 0 Å². The molecule has 1 aliphatic carbocycles. The van der Waals surface area contributed by atoms with Gasteiger partial charge in [0.25, 0.3) is 0 Å². The molecule has 0 spiro atoms. The van der Waals surface area contributed by atoms with Crippen LogP contribution in [0.15, 0.2) is 11.8 Å². The molecule has 2 rings (SSSR count). The van der Waals surface area contributed by atoms with Gasteiger partial charge in [0.2, 0.25) is 0 Å². The summed E-state index contributed by atoms with van der Waals surface area (Å²) in [4.78, 5) is 2.08. The summed E-state index contributed by atoms with van der Waals surface area (Å²) in [6.07, 6.45) is -0.781. The molecule has 4 heteroatoms. The van der Waals surface area contributed by atoms with Gasteiger partial charge in [0, 0.05) is 19.0 Å². The first-order valence-electron chi connectivity index (χ1n) is 5.36. The molecule has 0 aromatic heterocycles. The summed E-state index contributed by atoms with van der Waals surface area (Å²) in [6, 6.07) is 0.309. The second-order valence-corrected chi connectivity index (χ2v) is 4.76. The average Bonchev–Trinajstić information content (AvgIpc) is 2.41. The van der Waals surface area contributed by atoms with Crippen molar-refractivity contribution < 1.29 is 13.2 Å². The molecule has 1 heterocycles. The van der Waals surface area contributed by atoms with Gasteiger partial charge in [-0.1, -0.05) is 5.57 Å². The maximum atomic E-state index is 12.6. The fraction of sp³-hybridized carbons (Fsp3) is 0.818. The molecule has 1 nitrogen and oxygen atoms in total. The van der Waals surface area contributed by atoms with E-state index in [9.17, 15) is 13.2 Å². The Morgan fingerprint density at radius 3 is 2.60 bits per heavy atom. The minimum atomic E-state index is -4.01. The molecule has 86 valence electrons. The molecule has 0 saturated heterocycles. The maximum Gasteiger partial charge on any atom is 0.391 e. The van der Waals surface area contributed by atoms with Gasteiger partial charge in [-0.3, -0.25) is 0 Å². The van der Waals surface area contributed by atoms with Crippen LogP contribution in [0.2, 0.25) is 0 Å². The van der Waals surface area contributed by atoms with E-state index in [-0.39, 0.29) is 18.8 Å². The van der Waals surface area contributed by atoms with Crippen LogP contribution in [-0.4, -0.2) is 24.2 Å². The van der Waals surface area contributed by atoms with E-state index in [0.29, 0.717) is 12.5 Å². The lowest BCUT2D eigenvalue weighted by molar-refractivity contribution is -0.186. The van der Waals surface area contributed by atoms with E-state index in [1.54, 1.807) is 0 Å². The van der Waals surface area contributed by atoms with Crippen molar-refractivity contribution in [2.75, 3.05) is 7.05 Å². The van der Waals surface area contributed by atoms with Gasteiger partial charge < -0.3 is 4.90 Å². The van der Waals surface area contributed by atoms with Gasteiger partial charge in [0.1, 0.15) is 0 Å². The number of hydrogen-bond donors (Lipinski definition) is 0. The van der Waals surface area contributed by atoms with Gasteiger partial charge >= 0.3 is 6.18 Å². The van der Waals surface area contributed by atoms with Crippen molar-refractivity contribution in [3.63, 3.8) is 0 Å². The summed E-state index contributed by atoms with van der Waals surface area (Å²) in [7, 11) is 1.96. The van der Waals surface area contributed by atoms with E-state index in [0.717, 1.165) is 5.57 Å². The second kappa shape index (κ2) is 3.42. The molecule has 0 aromatic carbocycles. The van der Waals surface area contributed by atoms with Crippen molar-refractivity contribution >= 4 is 0 Å². The third-order valence-electron chi connectivity index (χ3n) is 3.79. The first-order valence-corrected chi connectivity index (χ1v) is 5.36. The SMILES string of the molecule is CC1=CN(C)C2CCC(C(F)(F)F)CC12. The van der Waals surface area contributed by atoms with Crippen molar-refractivity contribution in [2.24, 2.45) is 11.8 Å². The molecule has 0 N–H and O–H groups in total. The van der Waals surface area contributed by atoms with Crippen LogP contribution in [0.4, 0.5) is 13.2 Å². The van der Waals surface area contributed by atoms with E-state index in [2.05, 4.69) is 4.90 Å². The molecule has 1 fully saturated rings. The Kier molecular flexibility index (Phi) is 2.47.